The van der Waals surface area contributed by atoms with E-state index in [-0.39, 0.29) is 137 Å². The molecule has 17 rings (SSSR count). The topological polar surface area (TPSA) is 219 Å². The molecule has 17 aromatic rings. The molecular formula is C100H100N8O8. The summed E-state index contributed by atoms with van der Waals surface area (Å²) in [6.45, 7) is 18.0. The minimum atomic E-state index is -0.388. The van der Waals surface area contributed by atoms with E-state index >= 15 is 38.4 Å². The van der Waals surface area contributed by atoms with Crippen molar-refractivity contribution < 1.29 is 0 Å². The number of benzene rings is 8. The summed E-state index contributed by atoms with van der Waals surface area (Å²) >= 11 is 0. The highest BCUT2D eigenvalue weighted by molar-refractivity contribution is 6.30. The lowest BCUT2D eigenvalue weighted by molar-refractivity contribution is 0.384. The quantitative estimate of drug-likeness (QED) is 0.0369. The summed E-state index contributed by atoms with van der Waals surface area (Å²) in [5.41, 5.74) is 6.69. The molecule has 0 aliphatic heterocycles. The zero-order valence-electron chi connectivity index (χ0n) is 67.7. The van der Waals surface area contributed by atoms with Gasteiger partial charge in [-0.05, 0) is 120 Å². The zero-order valence-corrected chi connectivity index (χ0v) is 67.7. The molecule has 0 unspecified atom stereocenters. The van der Waals surface area contributed by atoms with Crippen molar-refractivity contribution in [2.75, 3.05) is 0 Å². The number of nitrogens with one attached hydrogen (secondary N) is 4. The lowest BCUT2D eigenvalue weighted by Gasteiger charge is -2.13. The van der Waals surface area contributed by atoms with E-state index in [2.05, 4.69) is 75.3 Å². The Morgan fingerprint density at radius 3 is 0.517 bits per heavy atom. The van der Waals surface area contributed by atoms with Gasteiger partial charge >= 0.3 is 0 Å². The fourth-order valence-electron chi connectivity index (χ4n) is 19.1. The Morgan fingerprint density at radius 1 is 0.224 bits per heavy atom. The lowest BCUT2D eigenvalue weighted by atomic mass is 9.97. The molecule has 4 atom stereocenters. The summed E-state index contributed by atoms with van der Waals surface area (Å²) < 4.78 is 5.73. The molecule has 0 radical (unpaired) electrons. The molecule has 16 nitrogen and oxygen atoms in total. The molecule has 0 amide bonds. The molecular weight excluding hydrogens is 1440 g/mol. The number of rotatable bonds is 28. The van der Waals surface area contributed by atoms with Crippen LogP contribution in [0.2, 0.25) is 0 Å². The van der Waals surface area contributed by atoms with E-state index in [0.717, 1.165) is 125 Å². The van der Waals surface area contributed by atoms with Gasteiger partial charge in [-0.15, -0.1) is 0 Å². The fourth-order valence-corrected chi connectivity index (χ4v) is 19.1. The Morgan fingerprint density at radius 2 is 0.379 bits per heavy atom. The van der Waals surface area contributed by atoms with Gasteiger partial charge in [0, 0.05) is 91.5 Å². The summed E-state index contributed by atoms with van der Waals surface area (Å²) in [6, 6.07) is 54.9. The number of aromatic nitrogens is 8. The molecule has 8 heterocycles. The first-order valence-electron chi connectivity index (χ1n) is 42.5. The van der Waals surface area contributed by atoms with Crippen LogP contribution in [0.15, 0.2) is 208 Å². The van der Waals surface area contributed by atoms with Crippen molar-refractivity contribution in [3.05, 3.63) is 253 Å². The van der Waals surface area contributed by atoms with Crippen molar-refractivity contribution in [2.45, 2.75) is 184 Å². The van der Waals surface area contributed by atoms with E-state index in [1.165, 1.54) is 18.3 Å². The van der Waals surface area contributed by atoms with Crippen molar-refractivity contribution in [1.29, 1.82) is 0 Å². The maximum Gasteiger partial charge on any atom is 0.261 e. The fraction of sp³-hybridized carbons (Fsp3) is 0.320. The molecule has 0 saturated carbocycles. The van der Waals surface area contributed by atoms with Crippen molar-refractivity contribution in [1.82, 2.24) is 38.2 Å². The van der Waals surface area contributed by atoms with Crippen molar-refractivity contribution >= 4 is 130 Å². The summed E-state index contributed by atoms with van der Waals surface area (Å²) in [5.74, 6) is 0.270. The van der Waals surface area contributed by atoms with E-state index in [1.54, 1.807) is 0 Å². The van der Waals surface area contributed by atoms with Crippen LogP contribution >= 0.6 is 0 Å². The first kappa shape index (κ1) is 76.6. The molecule has 8 bridgehead atoms. The highest BCUT2D eigenvalue weighted by atomic mass is 16.2. The number of hydrogen-bond donors (Lipinski definition) is 4. The monoisotopic (exact) mass is 1540 g/mol. The maximum atomic E-state index is 15.6. The van der Waals surface area contributed by atoms with Crippen LogP contribution in [0.4, 0.5) is 0 Å². The number of aromatic amines is 4. The highest BCUT2D eigenvalue weighted by Crippen LogP contribution is 2.49. The predicted octanol–water partition coefficient (Wildman–Crippen LogP) is 21.9. The predicted molar refractivity (Wildman–Crippen MR) is 482 cm³/mol. The number of H-pyrrole nitrogens is 4. The van der Waals surface area contributed by atoms with Gasteiger partial charge in [0.05, 0.1) is 87.2 Å². The van der Waals surface area contributed by atoms with Crippen LogP contribution in [0.1, 0.15) is 158 Å². The molecule has 4 N–H and O–H groups in total. The molecule has 9 aromatic carbocycles. The second-order valence-corrected chi connectivity index (χ2v) is 32.8. The number of hydrogen-bond acceptors (Lipinski definition) is 8. The van der Waals surface area contributed by atoms with E-state index in [1.807, 2.05) is 170 Å². The second-order valence-electron chi connectivity index (χ2n) is 32.8. The van der Waals surface area contributed by atoms with E-state index in [0.29, 0.717) is 109 Å². The highest BCUT2D eigenvalue weighted by Gasteiger charge is 2.30. The van der Waals surface area contributed by atoms with Crippen molar-refractivity contribution in [3.8, 4) is 44.5 Å². The van der Waals surface area contributed by atoms with Gasteiger partial charge in [0.25, 0.3) is 44.5 Å². The molecule has 0 fully saturated rings. The van der Waals surface area contributed by atoms with E-state index in [9.17, 15) is 0 Å². The smallest absolute Gasteiger partial charge is 0.261 e. The first-order chi connectivity index (χ1) is 56.5. The second kappa shape index (κ2) is 31.6. The molecule has 0 saturated heterocycles. The van der Waals surface area contributed by atoms with Gasteiger partial charge in [0.1, 0.15) is 0 Å². The van der Waals surface area contributed by atoms with Crippen LogP contribution in [-0.4, -0.2) is 38.2 Å². The van der Waals surface area contributed by atoms with Crippen molar-refractivity contribution in [3.63, 3.8) is 0 Å². The maximum absolute atomic E-state index is 15.6. The van der Waals surface area contributed by atoms with E-state index < -0.39 is 0 Å². The number of unbranched alkanes of at least 4 members (excludes halogenated alkanes) is 4. The molecule has 8 aromatic heterocycles. The summed E-state index contributed by atoms with van der Waals surface area (Å²) in [7, 11) is 0. The van der Waals surface area contributed by atoms with Crippen LogP contribution in [0.25, 0.3) is 175 Å². The van der Waals surface area contributed by atoms with E-state index in [4.69, 9.17) is 0 Å². The van der Waals surface area contributed by atoms with Gasteiger partial charge in [-0.2, -0.15) is 0 Å². The summed E-state index contributed by atoms with van der Waals surface area (Å²) in [4.78, 5) is 141. The Hall–Kier alpha value is -12.0. The minimum absolute atomic E-state index is 0.0675. The van der Waals surface area contributed by atoms with Gasteiger partial charge in [-0.3, -0.25) is 56.6 Å². The third-order valence-corrected chi connectivity index (χ3v) is 25.8. The summed E-state index contributed by atoms with van der Waals surface area (Å²) in [6.07, 6.45) is 14.2. The van der Waals surface area contributed by atoms with Crippen LogP contribution < -0.4 is 44.5 Å². The number of fused-ring (bicyclic) bond motifs is 4. The standard InChI is InChI=1S/C100H100N8O8/c1-9-17-33-57(13-5)53-105-93(109)73-45-65-66(46-74(73)94(105)110)86-82(62-39-27-22-28-40-62)88-68-48-76-78(98(114)107(96(76)112)55-59(15-7)35-19-11-3)50-70(68)90(103-88)84(64-43-31-24-32-44-64)92-72-52-80-79(99(115)108(100(80)116)56-60(16-8)36-20-12-4)51-71(72)91(104-92)83(63-41-29-23-30-42-63)89-69-49-77-75(95(111)106(97(77)113)54-58(14-6)34-18-10-2)47-67(69)87(102-89)81(85(65)101-86)61-37-25-21-26-38-61/h21-32,37-52,57-60,101-104H,9-20,33-36,53-56H2,1-8H3/t57-,58+,59+,60-. The minimum Gasteiger partial charge on any atom is -0.353 e. The van der Waals surface area contributed by atoms with Gasteiger partial charge in [0.15, 0.2) is 0 Å². The molecule has 588 valence electrons. The Bertz CT molecular complexity index is 6120. The molecule has 16 heteroatoms. The Labute approximate surface area is 669 Å². The van der Waals surface area contributed by atoms with Crippen LogP contribution in [0, 0.1) is 23.7 Å². The van der Waals surface area contributed by atoms with Gasteiger partial charge < -0.3 is 19.9 Å². The lowest BCUT2D eigenvalue weighted by Crippen LogP contribution is -2.28. The molecule has 0 aliphatic rings. The SMILES string of the molecule is CCCC[C@@H](CC)Cn1c(=O)c2cc3c4[nH]c(c(-c5ccccc5)c5[nH]c(c(-c6ccccc6)c6[nH]c(c(-c7ccccc7)c7[nH]c(c4-c4ccccc4)c4cc8c(=O)n(C[C@@H](CC)CCCC)c(=O)c8cc74)c4cc7c(=O)n(C[C@H](CC)CCCC)c(=O)c7cc64)c4cc6c(=O)n(C[C@@H](CC)CCCC)c(=O)c6cc54)c3cc2c1=O. The number of nitrogens with zero attached hydrogens (tertiary/aromatic N) is 4. The normalized spacial score (nSPS) is 13.3. The molecule has 0 spiro atoms. The van der Waals surface area contributed by atoms with Crippen LogP contribution in [0.3, 0.4) is 0 Å². The average molecular weight is 1540 g/mol. The third kappa shape index (κ3) is 12.9. The van der Waals surface area contributed by atoms with Gasteiger partial charge in [-0.25, -0.2) is 0 Å². The largest absolute Gasteiger partial charge is 0.353 e. The Kier molecular flexibility index (Phi) is 20.9. The van der Waals surface area contributed by atoms with Crippen LogP contribution in [-0.2, 0) is 26.2 Å². The first-order valence-corrected chi connectivity index (χ1v) is 42.5. The third-order valence-electron chi connectivity index (χ3n) is 25.8. The molecule has 0 aliphatic carbocycles. The average Bonchev–Trinajstić information content (AvgIpc) is 1.54. The Balaban J connectivity index is 1.19. The van der Waals surface area contributed by atoms with Gasteiger partial charge in [-0.1, -0.05) is 254 Å². The van der Waals surface area contributed by atoms with Gasteiger partial charge in [0.2, 0.25) is 0 Å². The molecule has 116 heavy (non-hydrogen) atoms. The summed E-state index contributed by atoms with van der Waals surface area (Å²) in [5, 5.41) is 6.82. The van der Waals surface area contributed by atoms with Crippen LogP contribution in [0.5, 0.6) is 0 Å². The zero-order chi connectivity index (χ0) is 80.5. The van der Waals surface area contributed by atoms with Crippen molar-refractivity contribution in [2.24, 2.45) is 23.7 Å².